The SMILES string of the molecule is CCCCCCCCNC(C)C(O)c1ccc2cc(OC)ccc2c1. The Morgan fingerprint density at radius 1 is 0.960 bits per heavy atom. The van der Waals surface area contributed by atoms with Gasteiger partial charge in [-0.1, -0.05) is 57.2 Å². The minimum Gasteiger partial charge on any atom is -0.497 e. The number of unbranched alkanes of at least 4 members (excludes halogenated alkanes) is 5. The number of aliphatic hydroxyl groups excluding tert-OH is 1. The quantitative estimate of drug-likeness (QED) is 0.550. The number of fused-ring (bicyclic) bond motifs is 1. The molecule has 2 rings (SSSR count). The van der Waals surface area contributed by atoms with E-state index in [0.717, 1.165) is 28.6 Å². The molecule has 0 bridgehead atoms. The van der Waals surface area contributed by atoms with Crippen LogP contribution in [0.4, 0.5) is 0 Å². The van der Waals surface area contributed by atoms with Crippen molar-refractivity contribution in [3.05, 3.63) is 42.0 Å². The fourth-order valence-electron chi connectivity index (χ4n) is 3.19. The van der Waals surface area contributed by atoms with E-state index >= 15 is 0 Å². The molecule has 0 radical (unpaired) electrons. The summed E-state index contributed by atoms with van der Waals surface area (Å²) < 4.78 is 5.26. The summed E-state index contributed by atoms with van der Waals surface area (Å²) in [6, 6.07) is 12.2. The highest BCUT2D eigenvalue weighted by molar-refractivity contribution is 5.84. The van der Waals surface area contributed by atoms with Crippen LogP contribution in [0.2, 0.25) is 0 Å². The van der Waals surface area contributed by atoms with E-state index in [0.29, 0.717) is 0 Å². The first-order chi connectivity index (χ1) is 12.2. The smallest absolute Gasteiger partial charge is 0.119 e. The van der Waals surface area contributed by atoms with Crippen molar-refractivity contribution in [1.82, 2.24) is 5.32 Å². The Labute approximate surface area is 152 Å². The van der Waals surface area contributed by atoms with Crippen molar-refractivity contribution in [1.29, 1.82) is 0 Å². The predicted octanol–water partition coefficient (Wildman–Crippen LogP) is 5.22. The Bertz CT molecular complexity index is 641. The van der Waals surface area contributed by atoms with E-state index in [1.165, 1.54) is 38.5 Å². The van der Waals surface area contributed by atoms with Gasteiger partial charge in [0, 0.05) is 6.04 Å². The molecule has 2 aromatic carbocycles. The average Bonchev–Trinajstić information content (AvgIpc) is 2.65. The molecule has 138 valence electrons. The molecule has 0 amide bonds. The van der Waals surface area contributed by atoms with E-state index in [4.69, 9.17) is 4.74 Å². The Morgan fingerprint density at radius 2 is 1.64 bits per heavy atom. The van der Waals surface area contributed by atoms with E-state index in [9.17, 15) is 5.11 Å². The second-order valence-corrected chi connectivity index (χ2v) is 6.93. The zero-order valence-corrected chi connectivity index (χ0v) is 15.9. The van der Waals surface area contributed by atoms with Crippen LogP contribution in [0.25, 0.3) is 10.8 Å². The maximum absolute atomic E-state index is 10.6. The fourth-order valence-corrected chi connectivity index (χ4v) is 3.19. The molecular weight excluding hydrogens is 310 g/mol. The second-order valence-electron chi connectivity index (χ2n) is 6.93. The van der Waals surface area contributed by atoms with Crippen LogP contribution in [0, 0.1) is 0 Å². The molecule has 0 heterocycles. The molecule has 2 N–H and O–H groups in total. The van der Waals surface area contributed by atoms with E-state index in [2.05, 4.69) is 31.3 Å². The molecule has 2 atom stereocenters. The Kier molecular flexibility index (Phi) is 8.23. The summed E-state index contributed by atoms with van der Waals surface area (Å²) in [5.41, 5.74) is 0.959. The van der Waals surface area contributed by atoms with Crippen LogP contribution in [0.15, 0.2) is 36.4 Å². The van der Waals surface area contributed by atoms with Crippen molar-refractivity contribution >= 4 is 10.8 Å². The summed E-state index contributed by atoms with van der Waals surface area (Å²) in [6.07, 6.45) is 7.26. The third kappa shape index (κ3) is 6.02. The molecule has 0 aliphatic heterocycles. The molecule has 3 heteroatoms. The van der Waals surface area contributed by atoms with Crippen LogP contribution >= 0.6 is 0 Å². The van der Waals surface area contributed by atoms with Gasteiger partial charge in [-0.25, -0.2) is 0 Å². The highest BCUT2D eigenvalue weighted by Crippen LogP contribution is 2.25. The van der Waals surface area contributed by atoms with E-state index in [-0.39, 0.29) is 6.04 Å². The summed E-state index contributed by atoms with van der Waals surface area (Å²) in [5.74, 6) is 0.856. The van der Waals surface area contributed by atoms with E-state index in [1.54, 1.807) is 7.11 Å². The maximum atomic E-state index is 10.6. The molecule has 0 spiro atoms. The summed E-state index contributed by atoms with van der Waals surface area (Å²) >= 11 is 0. The van der Waals surface area contributed by atoms with Gasteiger partial charge in [0.2, 0.25) is 0 Å². The summed E-state index contributed by atoms with van der Waals surface area (Å²) in [4.78, 5) is 0. The average molecular weight is 344 g/mol. The predicted molar refractivity (Wildman–Crippen MR) is 106 cm³/mol. The second kappa shape index (κ2) is 10.4. The molecule has 0 fully saturated rings. The number of ether oxygens (including phenoxy) is 1. The minimum absolute atomic E-state index is 0.0475. The van der Waals surface area contributed by atoms with Crippen molar-refractivity contribution < 1.29 is 9.84 Å². The standard InChI is InChI=1S/C22H33NO2/c1-4-5-6-7-8-9-14-23-17(2)22(24)20-11-10-19-16-21(25-3)13-12-18(19)15-20/h10-13,15-17,22-24H,4-9,14H2,1-3H3. The van der Waals surface area contributed by atoms with Crippen molar-refractivity contribution in [3.63, 3.8) is 0 Å². The van der Waals surface area contributed by atoms with Gasteiger partial charge < -0.3 is 15.2 Å². The molecule has 0 saturated carbocycles. The van der Waals surface area contributed by atoms with Gasteiger partial charge in [0.1, 0.15) is 5.75 Å². The highest BCUT2D eigenvalue weighted by Gasteiger charge is 2.16. The van der Waals surface area contributed by atoms with Crippen molar-refractivity contribution in [2.75, 3.05) is 13.7 Å². The number of hydrogen-bond donors (Lipinski definition) is 2. The van der Waals surface area contributed by atoms with Gasteiger partial charge in [0.15, 0.2) is 0 Å². The molecular formula is C22H33NO2. The molecule has 2 aromatic rings. The first-order valence-corrected chi connectivity index (χ1v) is 9.65. The van der Waals surface area contributed by atoms with Crippen LogP contribution < -0.4 is 10.1 Å². The highest BCUT2D eigenvalue weighted by atomic mass is 16.5. The number of nitrogens with one attached hydrogen (secondary N) is 1. The number of methoxy groups -OCH3 is 1. The summed E-state index contributed by atoms with van der Waals surface area (Å²) in [6.45, 7) is 5.27. The van der Waals surface area contributed by atoms with E-state index < -0.39 is 6.10 Å². The molecule has 25 heavy (non-hydrogen) atoms. The van der Waals surface area contributed by atoms with Gasteiger partial charge >= 0.3 is 0 Å². The van der Waals surface area contributed by atoms with Gasteiger partial charge in [-0.2, -0.15) is 0 Å². The van der Waals surface area contributed by atoms with Gasteiger partial charge in [-0.05, 0) is 54.4 Å². The molecule has 0 aliphatic carbocycles. The number of rotatable bonds is 11. The molecule has 0 saturated heterocycles. The lowest BCUT2D eigenvalue weighted by atomic mass is 9.99. The van der Waals surface area contributed by atoms with Crippen molar-refractivity contribution in [3.8, 4) is 5.75 Å². The van der Waals surface area contributed by atoms with Gasteiger partial charge in [-0.3, -0.25) is 0 Å². The number of hydrogen-bond acceptors (Lipinski definition) is 3. The largest absolute Gasteiger partial charge is 0.497 e. The number of aliphatic hydroxyl groups is 1. The normalized spacial score (nSPS) is 13.8. The molecule has 0 aromatic heterocycles. The first-order valence-electron chi connectivity index (χ1n) is 9.65. The van der Waals surface area contributed by atoms with Crippen LogP contribution in [0.3, 0.4) is 0 Å². The third-order valence-corrected chi connectivity index (χ3v) is 4.88. The van der Waals surface area contributed by atoms with E-state index in [1.807, 2.05) is 24.3 Å². The minimum atomic E-state index is -0.494. The van der Waals surface area contributed by atoms with Crippen LogP contribution in [0.1, 0.15) is 64.0 Å². The third-order valence-electron chi connectivity index (χ3n) is 4.88. The zero-order valence-electron chi connectivity index (χ0n) is 15.9. The topological polar surface area (TPSA) is 41.5 Å². The lowest BCUT2D eigenvalue weighted by molar-refractivity contribution is 0.136. The maximum Gasteiger partial charge on any atom is 0.119 e. The Morgan fingerprint density at radius 3 is 2.40 bits per heavy atom. The zero-order chi connectivity index (χ0) is 18.1. The summed E-state index contributed by atoms with van der Waals surface area (Å²) in [5, 5.41) is 16.4. The molecule has 3 nitrogen and oxygen atoms in total. The molecule has 0 aliphatic rings. The van der Waals surface area contributed by atoms with Crippen LogP contribution in [-0.2, 0) is 0 Å². The van der Waals surface area contributed by atoms with Crippen molar-refractivity contribution in [2.45, 2.75) is 64.5 Å². The van der Waals surface area contributed by atoms with Gasteiger partial charge in [0.05, 0.1) is 13.2 Å². The fraction of sp³-hybridized carbons (Fsp3) is 0.545. The summed E-state index contributed by atoms with van der Waals surface area (Å²) in [7, 11) is 1.68. The number of benzene rings is 2. The first kappa shape index (κ1) is 19.7. The monoisotopic (exact) mass is 343 g/mol. The lowest BCUT2D eigenvalue weighted by Gasteiger charge is -2.21. The van der Waals surface area contributed by atoms with Gasteiger partial charge in [0.25, 0.3) is 0 Å². The van der Waals surface area contributed by atoms with Crippen LogP contribution in [0.5, 0.6) is 5.75 Å². The van der Waals surface area contributed by atoms with Gasteiger partial charge in [-0.15, -0.1) is 0 Å². The molecule has 2 unspecified atom stereocenters. The van der Waals surface area contributed by atoms with Crippen molar-refractivity contribution in [2.24, 2.45) is 0 Å². The Hall–Kier alpha value is -1.58. The lowest BCUT2D eigenvalue weighted by Crippen LogP contribution is -2.32. The Balaban J connectivity index is 1.84. The van der Waals surface area contributed by atoms with Crippen LogP contribution in [-0.4, -0.2) is 24.8 Å².